The van der Waals surface area contributed by atoms with E-state index in [-0.39, 0.29) is 23.4 Å². The van der Waals surface area contributed by atoms with Crippen LogP contribution in [-0.4, -0.2) is 24.8 Å². The topological polar surface area (TPSA) is 46.5 Å². The zero-order valence-corrected chi connectivity index (χ0v) is 8.71. The molecule has 3 nitrogen and oxygen atoms in total. The number of hydrogen-bond acceptors (Lipinski definition) is 3. The molecule has 0 spiro atoms. The Morgan fingerprint density at radius 3 is 2.79 bits per heavy atom. The van der Waals surface area contributed by atoms with E-state index in [2.05, 4.69) is 0 Å². The first kappa shape index (κ1) is 9.97. The van der Waals surface area contributed by atoms with Crippen molar-refractivity contribution in [2.75, 3.05) is 13.7 Å². The molecule has 2 fully saturated rings. The molecule has 0 heterocycles. The zero-order valence-electron chi connectivity index (χ0n) is 8.71. The predicted molar refractivity (Wildman–Crippen MR) is 51.7 cm³/mol. The van der Waals surface area contributed by atoms with Gasteiger partial charge in [0.1, 0.15) is 0 Å². The van der Waals surface area contributed by atoms with E-state index < -0.39 is 0 Å². The van der Waals surface area contributed by atoms with Gasteiger partial charge in [-0.25, -0.2) is 0 Å². The number of aliphatic hydroxyl groups excluding tert-OH is 1. The lowest BCUT2D eigenvalue weighted by Gasteiger charge is -2.36. The van der Waals surface area contributed by atoms with E-state index in [1.807, 2.05) is 0 Å². The van der Waals surface area contributed by atoms with Crippen LogP contribution < -0.4 is 0 Å². The summed E-state index contributed by atoms with van der Waals surface area (Å²) in [5.41, 5.74) is -0.220. The number of ether oxygens (including phenoxy) is 1. The normalized spacial score (nSPS) is 41.0. The third kappa shape index (κ3) is 1.26. The summed E-state index contributed by atoms with van der Waals surface area (Å²) in [5, 5.41) is 9.39. The molecule has 3 heteroatoms. The van der Waals surface area contributed by atoms with Crippen molar-refractivity contribution >= 4 is 5.97 Å². The summed E-state index contributed by atoms with van der Waals surface area (Å²) in [6.45, 7) is 0.228. The molecule has 2 saturated carbocycles. The summed E-state index contributed by atoms with van der Waals surface area (Å²) in [5.74, 6) is -0.0625. The molecular formula is C11H18O3. The summed E-state index contributed by atoms with van der Waals surface area (Å²) < 4.78 is 4.88. The van der Waals surface area contributed by atoms with Crippen LogP contribution in [0, 0.1) is 10.8 Å². The number of rotatable bonds is 2. The quantitative estimate of drug-likeness (QED) is 0.684. The highest BCUT2D eigenvalue weighted by Crippen LogP contribution is 2.58. The van der Waals surface area contributed by atoms with E-state index in [9.17, 15) is 9.90 Å². The van der Waals surface area contributed by atoms with E-state index in [0.29, 0.717) is 0 Å². The number of carbonyl (C=O) groups excluding carboxylic acids is 1. The van der Waals surface area contributed by atoms with Crippen molar-refractivity contribution in [3.63, 3.8) is 0 Å². The van der Waals surface area contributed by atoms with Crippen molar-refractivity contribution in [2.45, 2.75) is 38.5 Å². The maximum Gasteiger partial charge on any atom is 0.311 e. The molecule has 2 aliphatic rings. The Morgan fingerprint density at radius 1 is 1.36 bits per heavy atom. The standard InChI is InChI=1S/C11H18O3/c1-14-9(13)11-4-2-3-10(7-11,8-12)5-6-11/h12H,2-8H2,1H3. The van der Waals surface area contributed by atoms with E-state index >= 15 is 0 Å². The largest absolute Gasteiger partial charge is 0.469 e. The van der Waals surface area contributed by atoms with Gasteiger partial charge in [0.15, 0.2) is 0 Å². The Hall–Kier alpha value is -0.570. The minimum atomic E-state index is -0.254. The average molecular weight is 198 g/mol. The lowest BCUT2D eigenvalue weighted by molar-refractivity contribution is -0.155. The van der Waals surface area contributed by atoms with Crippen molar-refractivity contribution in [2.24, 2.45) is 10.8 Å². The predicted octanol–water partition coefficient (Wildman–Crippen LogP) is 1.49. The van der Waals surface area contributed by atoms with Gasteiger partial charge in [-0.15, -0.1) is 0 Å². The summed E-state index contributed by atoms with van der Waals surface area (Å²) in [6, 6.07) is 0. The van der Waals surface area contributed by atoms with Crippen LogP contribution in [-0.2, 0) is 9.53 Å². The molecule has 0 aromatic heterocycles. The first-order chi connectivity index (χ1) is 6.66. The molecule has 14 heavy (non-hydrogen) atoms. The molecule has 2 unspecified atom stereocenters. The van der Waals surface area contributed by atoms with Crippen LogP contribution in [0.2, 0.25) is 0 Å². The molecule has 2 rings (SSSR count). The fraction of sp³-hybridized carbons (Fsp3) is 0.909. The van der Waals surface area contributed by atoms with Gasteiger partial charge in [-0.1, -0.05) is 6.42 Å². The van der Waals surface area contributed by atoms with Gasteiger partial charge in [-0.3, -0.25) is 4.79 Å². The highest BCUT2D eigenvalue weighted by molar-refractivity contribution is 5.77. The maximum absolute atomic E-state index is 11.7. The van der Waals surface area contributed by atoms with Gasteiger partial charge in [-0.05, 0) is 37.5 Å². The number of fused-ring (bicyclic) bond motifs is 2. The third-order valence-electron chi connectivity index (χ3n) is 4.16. The van der Waals surface area contributed by atoms with Gasteiger partial charge in [0, 0.05) is 6.61 Å². The second kappa shape index (κ2) is 3.23. The van der Waals surface area contributed by atoms with Crippen molar-refractivity contribution in [1.82, 2.24) is 0 Å². The fourth-order valence-electron chi connectivity index (χ4n) is 3.33. The van der Waals surface area contributed by atoms with Crippen LogP contribution in [0.4, 0.5) is 0 Å². The molecule has 0 aliphatic heterocycles. The molecular weight excluding hydrogens is 180 g/mol. The Bertz CT molecular complexity index is 251. The summed E-state index contributed by atoms with van der Waals surface area (Å²) in [4.78, 5) is 11.7. The van der Waals surface area contributed by atoms with Gasteiger partial charge in [-0.2, -0.15) is 0 Å². The van der Waals surface area contributed by atoms with E-state index in [1.54, 1.807) is 0 Å². The molecule has 0 aromatic rings. The van der Waals surface area contributed by atoms with Crippen LogP contribution in [0.5, 0.6) is 0 Å². The van der Waals surface area contributed by atoms with Gasteiger partial charge >= 0.3 is 5.97 Å². The maximum atomic E-state index is 11.7. The van der Waals surface area contributed by atoms with Gasteiger partial charge in [0.2, 0.25) is 0 Å². The highest BCUT2D eigenvalue weighted by Gasteiger charge is 2.55. The number of methoxy groups -OCH3 is 1. The van der Waals surface area contributed by atoms with Gasteiger partial charge < -0.3 is 9.84 Å². The first-order valence-corrected chi connectivity index (χ1v) is 5.36. The van der Waals surface area contributed by atoms with Crippen molar-refractivity contribution in [3.8, 4) is 0 Å². The van der Waals surface area contributed by atoms with Crippen molar-refractivity contribution < 1.29 is 14.6 Å². The van der Waals surface area contributed by atoms with Crippen molar-refractivity contribution in [3.05, 3.63) is 0 Å². The van der Waals surface area contributed by atoms with Crippen LogP contribution in [0.25, 0.3) is 0 Å². The molecule has 2 aliphatic carbocycles. The monoisotopic (exact) mass is 198 g/mol. The lowest BCUT2D eigenvalue weighted by Crippen LogP contribution is -2.36. The average Bonchev–Trinajstić information content (AvgIpc) is 2.51. The molecule has 0 aromatic carbocycles. The Kier molecular flexibility index (Phi) is 2.30. The lowest BCUT2D eigenvalue weighted by atomic mass is 9.69. The molecule has 80 valence electrons. The molecule has 0 amide bonds. The van der Waals surface area contributed by atoms with Crippen molar-refractivity contribution in [1.29, 1.82) is 0 Å². The molecule has 0 saturated heterocycles. The Balaban J connectivity index is 2.20. The number of carbonyl (C=O) groups is 1. The summed E-state index contributed by atoms with van der Waals surface area (Å²) in [6.07, 6.45) is 5.79. The van der Waals surface area contributed by atoms with E-state index in [1.165, 1.54) is 7.11 Å². The minimum absolute atomic E-state index is 0.0342. The van der Waals surface area contributed by atoms with Crippen LogP contribution >= 0.6 is 0 Å². The van der Waals surface area contributed by atoms with E-state index in [4.69, 9.17) is 4.74 Å². The first-order valence-electron chi connectivity index (χ1n) is 5.36. The Labute approximate surface area is 84.4 Å². The summed E-state index contributed by atoms with van der Waals surface area (Å²) in [7, 11) is 1.46. The minimum Gasteiger partial charge on any atom is -0.469 e. The SMILES string of the molecule is COC(=O)C12CCCC(CO)(CC1)C2. The summed E-state index contributed by atoms with van der Waals surface area (Å²) >= 11 is 0. The van der Waals surface area contributed by atoms with Gasteiger partial charge in [0.25, 0.3) is 0 Å². The van der Waals surface area contributed by atoms with Crippen LogP contribution in [0.3, 0.4) is 0 Å². The molecule has 2 bridgehead atoms. The second-order valence-corrected chi connectivity index (χ2v) is 4.96. The van der Waals surface area contributed by atoms with Crippen LogP contribution in [0.1, 0.15) is 38.5 Å². The number of hydrogen-bond donors (Lipinski definition) is 1. The Morgan fingerprint density at radius 2 is 2.14 bits per heavy atom. The smallest absolute Gasteiger partial charge is 0.311 e. The molecule has 0 radical (unpaired) electrons. The van der Waals surface area contributed by atoms with Crippen LogP contribution in [0.15, 0.2) is 0 Å². The molecule has 2 atom stereocenters. The fourth-order valence-corrected chi connectivity index (χ4v) is 3.33. The second-order valence-electron chi connectivity index (χ2n) is 4.96. The highest BCUT2D eigenvalue weighted by atomic mass is 16.5. The molecule has 1 N–H and O–H groups in total. The number of aliphatic hydroxyl groups is 1. The van der Waals surface area contributed by atoms with E-state index in [0.717, 1.165) is 38.5 Å². The number of esters is 1. The zero-order chi connectivity index (χ0) is 10.2. The third-order valence-corrected chi connectivity index (χ3v) is 4.16. The van der Waals surface area contributed by atoms with Gasteiger partial charge in [0.05, 0.1) is 12.5 Å².